The Bertz CT molecular complexity index is 2680. The van der Waals surface area contributed by atoms with Crippen LogP contribution in [0.2, 0.25) is 0 Å². The van der Waals surface area contributed by atoms with Gasteiger partial charge >= 0.3 is 0 Å². The fourth-order valence-electron chi connectivity index (χ4n) is 7.41. The first-order chi connectivity index (χ1) is 22.8. The minimum atomic E-state index is 0.222. The van der Waals surface area contributed by atoms with Crippen molar-refractivity contribution in [1.82, 2.24) is 14.5 Å². The van der Waals surface area contributed by atoms with E-state index in [1.54, 1.807) is 0 Å². The molecule has 0 amide bonds. The molecule has 0 bridgehead atoms. The number of para-hydroxylation sites is 3. The van der Waals surface area contributed by atoms with Crippen LogP contribution in [0.15, 0.2) is 144 Å². The maximum absolute atomic E-state index is 6.14. The molecule has 46 heavy (non-hydrogen) atoms. The lowest BCUT2D eigenvalue weighted by atomic mass is 9.84. The van der Waals surface area contributed by atoms with Crippen LogP contribution in [0.5, 0.6) is 0 Å². The van der Waals surface area contributed by atoms with Gasteiger partial charge in [0.05, 0.1) is 22.2 Å². The molecule has 3 aromatic heterocycles. The Morgan fingerprint density at radius 3 is 2.28 bits per heavy atom. The number of benzene rings is 6. The molecule has 0 fully saturated rings. The van der Waals surface area contributed by atoms with E-state index in [1.165, 1.54) is 33.0 Å². The molecule has 0 saturated carbocycles. The Kier molecular flexibility index (Phi) is 5.37. The predicted molar refractivity (Wildman–Crippen MR) is 189 cm³/mol. The minimum absolute atomic E-state index is 0.222. The van der Waals surface area contributed by atoms with E-state index in [9.17, 15) is 0 Å². The molecular formula is C42H27N3O. The molecular weight excluding hydrogens is 562 g/mol. The summed E-state index contributed by atoms with van der Waals surface area (Å²) in [5.41, 5.74) is 10.9. The highest BCUT2D eigenvalue weighted by atomic mass is 16.3. The average molecular weight is 590 g/mol. The van der Waals surface area contributed by atoms with Crippen molar-refractivity contribution in [2.75, 3.05) is 0 Å². The van der Waals surface area contributed by atoms with Gasteiger partial charge in [-0.1, -0.05) is 115 Å². The molecule has 1 atom stereocenters. The SMILES string of the molecule is C1=CC(c2ccc3oc4ccccc4c3c2)Cc2c1ccc1c3ccccc3n(-c3nc(-c4ccccc4)c4ccccc4n3)c21. The van der Waals surface area contributed by atoms with Crippen LogP contribution < -0.4 is 0 Å². The van der Waals surface area contributed by atoms with Crippen LogP contribution in [0.3, 0.4) is 0 Å². The second-order valence-electron chi connectivity index (χ2n) is 12.2. The second kappa shape index (κ2) is 9.75. The molecule has 1 aliphatic carbocycles. The molecule has 1 aliphatic rings. The average Bonchev–Trinajstić information content (AvgIpc) is 3.67. The monoisotopic (exact) mass is 589 g/mol. The van der Waals surface area contributed by atoms with Crippen molar-refractivity contribution in [2.24, 2.45) is 0 Å². The summed E-state index contributed by atoms with van der Waals surface area (Å²) in [5, 5.41) is 5.79. The second-order valence-corrected chi connectivity index (χ2v) is 12.2. The Labute approximate surface area is 264 Å². The van der Waals surface area contributed by atoms with E-state index in [2.05, 4.69) is 132 Å². The quantitative estimate of drug-likeness (QED) is 0.206. The molecule has 0 saturated heterocycles. The fraction of sp³-hybridized carbons (Fsp3) is 0.0476. The number of nitrogens with zero attached hydrogens (tertiary/aromatic N) is 3. The van der Waals surface area contributed by atoms with Crippen LogP contribution in [-0.4, -0.2) is 14.5 Å². The molecule has 6 aromatic carbocycles. The van der Waals surface area contributed by atoms with Crippen LogP contribution in [0.25, 0.3) is 77.9 Å². The van der Waals surface area contributed by atoms with Gasteiger partial charge in [0.1, 0.15) is 11.2 Å². The van der Waals surface area contributed by atoms with Gasteiger partial charge < -0.3 is 4.42 Å². The first-order valence-electron chi connectivity index (χ1n) is 15.8. The van der Waals surface area contributed by atoms with Crippen molar-refractivity contribution in [2.45, 2.75) is 12.3 Å². The van der Waals surface area contributed by atoms with Crippen molar-refractivity contribution >= 4 is 60.7 Å². The lowest BCUT2D eigenvalue weighted by Crippen LogP contribution is -2.10. The summed E-state index contributed by atoms with van der Waals surface area (Å²) in [4.78, 5) is 10.5. The molecule has 10 rings (SSSR count). The maximum atomic E-state index is 6.14. The van der Waals surface area contributed by atoms with E-state index in [0.717, 1.165) is 56.0 Å². The van der Waals surface area contributed by atoms with Crippen molar-refractivity contribution in [3.05, 3.63) is 156 Å². The van der Waals surface area contributed by atoms with E-state index in [4.69, 9.17) is 14.4 Å². The van der Waals surface area contributed by atoms with E-state index < -0.39 is 0 Å². The standard InChI is InChI=1S/C42H27N3O/c1-2-10-27(11-3-1)40-33-14-4-7-15-36(33)43-42(44-40)45-37-16-8-5-12-30(37)32-22-20-26-18-19-28(24-34(26)41(32)45)29-21-23-39-35(25-29)31-13-6-9-17-38(31)46-39/h1-23,25,28H,24H2. The van der Waals surface area contributed by atoms with Gasteiger partial charge in [-0.25, -0.2) is 9.97 Å². The Hall–Kier alpha value is -6.00. The van der Waals surface area contributed by atoms with E-state index in [0.29, 0.717) is 5.95 Å². The van der Waals surface area contributed by atoms with Gasteiger partial charge in [0.15, 0.2) is 0 Å². The number of hydrogen-bond acceptors (Lipinski definition) is 3. The Morgan fingerprint density at radius 2 is 1.37 bits per heavy atom. The summed E-state index contributed by atoms with van der Waals surface area (Å²) >= 11 is 0. The van der Waals surface area contributed by atoms with Gasteiger partial charge in [-0.3, -0.25) is 4.57 Å². The highest BCUT2D eigenvalue weighted by Gasteiger charge is 2.24. The van der Waals surface area contributed by atoms with Crippen LogP contribution in [-0.2, 0) is 6.42 Å². The number of rotatable bonds is 3. The van der Waals surface area contributed by atoms with Crippen LogP contribution in [0.4, 0.5) is 0 Å². The number of furan rings is 1. The molecule has 0 spiro atoms. The van der Waals surface area contributed by atoms with Gasteiger partial charge in [-0.2, -0.15) is 0 Å². The third kappa shape index (κ3) is 3.74. The van der Waals surface area contributed by atoms with Gasteiger partial charge in [0.25, 0.3) is 0 Å². The zero-order valence-corrected chi connectivity index (χ0v) is 24.9. The van der Waals surface area contributed by atoms with E-state index in [-0.39, 0.29) is 5.92 Å². The summed E-state index contributed by atoms with van der Waals surface area (Å²) < 4.78 is 8.44. The van der Waals surface area contributed by atoms with E-state index >= 15 is 0 Å². The summed E-state index contributed by atoms with van der Waals surface area (Å²) in [6, 6.07) is 46.9. The molecule has 4 nitrogen and oxygen atoms in total. The molecule has 216 valence electrons. The summed E-state index contributed by atoms with van der Waals surface area (Å²) in [5.74, 6) is 0.912. The normalized spacial score (nSPS) is 14.6. The summed E-state index contributed by atoms with van der Waals surface area (Å²) in [6.07, 6.45) is 5.52. The minimum Gasteiger partial charge on any atom is -0.456 e. The number of fused-ring (bicyclic) bond motifs is 9. The van der Waals surface area contributed by atoms with Gasteiger partial charge in [0.2, 0.25) is 5.95 Å². The number of aromatic nitrogens is 3. The van der Waals surface area contributed by atoms with Gasteiger partial charge in [-0.15, -0.1) is 0 Å². The lowest BCUT2D eigenvalue weighted by Gasteiger charge is -2.22. The predicted octanol–water partition coefficient (Wildman–Crippen LogP) is 10.6. The van der Waals surface area contributed by atoms with Gasteiger partial charge in [0, 0.05) is 38.4 Å². The molecule has 1 unspecified atom stereocenters. The smallest absolute Gasteiger partial charge is 0.235 e. The Balaban J connectivity index is 1.21. The third-order valence-corrected chi connectivity index (χ3v) is 9.58. The summed E-state index contributed by atoms with van der Waals surface area (Å²) in [7, 11) is 0. The van der Waals surface area contributed by atoms with Crippen molar-refractivity contribution in [3.8, 4) is 17.2 Å². The third-order valence-electron chi connectivity index (χ3n) is 9.58. The first-order valence-corrected chi connectivity index (χ1v) is 15.8. The van der Waals surface area contributed by atoms with Gasteiger partial charge in [-0.05, 0) is 53.4 Å². The van der Waals surface area contributed by atoms with E-state index in [1.807, 2.05) is 18.2 Å². The van der Waals surface area contributed by atoms with Crippen LogP contribution >= 0.6 is 0 Å². The molecule has 0 radical (unpaired) electrons. The van der Waals surface area contributed by atoms with Crippen LogP contribution in [0, 0.1) is 0 Å². The first kappa shape index (κ1) is 25.3. The van der Waals surface area contributed by atoms with Crippen molar-refractivity contribution in [3.63, 3.8) is 0 Å². The molecule has 4 heteroatoms. The zero-order valence-electron chi connectivity index (χ0n) is 24.9. The van der Waals surface area contributed by atoms with Crippen molar-refractivity contribution in [1.29, 1.82) is 0 Å². The van der Waals surface area contributed by atoms with Crippen LogP contribution in [0.1, 0.15) is 22.6 Å². The fourth-order valence-corrected chi connectivity index (χ4v) is 7.41. The zero-order chi connectivity index (χ0) is 30.2. The molecule has 0 N–H and O–H groups in total. The summed E-state index contributed by atoms with van der Waals surface area (Å²) in [6.45, 7) is 0. The molecule has 3 heterocycles. The lowest BCUT2D eigenvalue weighted by molar-refractivity contribution is 0.668. The largest absolute Gasteiger partial charge is 0.456 e. The number of allylic oxidation sites excluding steroid dienone is 1. The molecule has 0 aliphatic heterocycles. The highest BCUT2D eigenvalue weighted by Crippen LogP contribution is 2.41. The topological polar surface area (TPSA) is 43.9 Å². The number of hydrogen-bond donors (Lipinski definition) is 0. The highest BCUT2D eigenvalue weighted by molar-refractivity contribution is 6.11. The molecule has 9 aromatic rings. The van der Waals surface area contributed by atoms with Crippen molar-refractivity contribution < 1.29 is 4.42 Å². The Morgan fingerprint density at radius 1 is 0.609 bits per heavy atom. The maximum Gasteiger partial charge on any atom is 0.235 e.